The van der Waals surface area contributed by atoms with Crippen LogP contribution >= 0.6 is 11.8 Å². The molecule has 266 valence electrons. The summed E-state index contributed by atoms with van der Waals surface area (Å²) in [6.07, 6.45) is 7.87. The van der Waals surface area contributed by atoms with E-state index >= 15 is 0 Å². The Morgan fingerprint density at radius 1 is 0.745 bits per heavy atom. The number of hydroxylamine groups is 4. The normalized spacial score (nSPS) is 21.0. The topological polar surface area (TPSA) is 229 Å². The molecule has 7 amide bonds. The van der Waals surface area contributed by atoms with Gasteiger partial charge in [-0.05, 0) is 32.6 Å². The quantitative estimate of drug-likeness (QED) is 0.135. The van der Waals surface area contributed by atoms with Gasteiger partial charge in [-0.25, -0.2) is 14.4 Å². The van der Waals surface area contributed by atoms with Crippen molar-refractivity contribution in [2.45, 2.75) is 128 Å². The zero-order valence-electron chi connectivity index (χ0n) is 27.4. The third-order valence-electron chi connectivity index (χ3n) is 7.32. The van der Waals surface area contributed by atoms with Gasteiger partial charge in [-0.3, -0.25) is 24.0 Å². The second kappa shape index (κ2) is 22.0. The van der Waals surface area contributed by atoms with E-state index in [1.807, 2.05) is 32.5 Å². The molecule has 5 N–H and O–H groups in total. The van der Waals surface area contributed by atoms with E-state index in [1.165, 1.54) is 0 Å². The van der Waals surface area contributed by atoms with Crippen molar-refractivity contribution >= 4 is 59.3 Å². The smallest absolute Gasteiger partial charge is 0.333 e. The van der Waals surface area contributed by atoms with Gasteiger partial charge in [0, 0.05) is 62.5 Å². The number of nitrogens with one attached hydrogen (secondary N) is 3. The van der Waals surface area contributed by atoms with E-state index in [0.29, 0.717) is 47.2 Å². The van der Waals surface area contributed by atoms with Gasteiger partial charge in [0.1, 0.15) is 0 Å². The van der Waals surface area contributed by atoms with E-state index in [2.05, 4.69) is 25.6 Å². The SMILES string of the molecule is CCCCC(=O)ON1C(=O)CCC1=O.CCCCC(=O)ON1C(=O)CCC1=O.CCNC(=O)CCCC[C@@H]1SC[C@@H]2NC(=O)N[C@@H]21.O. The predicted octanol–water partition coefficient (Wildman–Crippen LogP) is 1.59. The van der Waals surface area contributed by atoms with Crippen LogP contribution in [0.15, 0.2) is 0 Å². The maximum absolute atomic E-state index is 11.3. The number of fused-ring (bicyclic) bond motifs is 1. The highest BCUT2D eigenvalue weighted by molar-refractivity contribution is 8.00. The van der Waals surface area contributed by atoms with Crippen molar-refractivity contribution in [2.75, 3.05) is 12.3 Å². The molecule has 4 aliphatic heterocycles. The summed E-state index contributed by atoms with van der Waals surface area (Å²) in [5, 5.41) is 10.4. The molecule has 0 aromatic rings. The number of hydrogen-bond donors (Lipinski definition) is 3. The maximum atomic E-state index is 11.3. The number of thioether (sulfide) groups is 1. The van der Waals surface area contributed by atoms with Gasteiger partial charge in [-0.15, -0.1) is 10.1 Å². The minimum Gasteiger partial charge on any atom is -0.412 e. The fourth-order valence-electron chi connectivity index (χ4n) is 4.81. The first kappa shape index (κ1) is 41.3. The molecule has 0 radical (unpaired) electrons. The Kier molecular flexibility index (Phi) is 19.3. The van der Waals surface area contributed by atoms with Gasteiger partial charge >= 0.3 is 18.0 Å². The van der Waals surface area contributed by atoms with Crippen LogP contribution in [0.25, 0.3) is 0 Å². The Bertz CT molecular complexity index is 1040. The highest BCUT2D eigenvalue weighted by Gasteiger charge is 2.42. The summed E-state index contributed by atoms with van der Waals surface area (Å²) in [5.41, 5.74) is 0. The molecule has 4 aliphatic rings. The molecule has 0 aliphatic carbocycles. The minimum absolute atomic E-state index is 0. The zero-order chi connectivity index (χ0) is 34.1. The van der Waals surface area contributed by atoms with Gasteiger partial charge in [0.25, 0.3) is 23.6 Å². The molecule has 4 rings (SSSR count). The average molecular weight is 688 g/mol. The number of imide groups is 2. The van der Waals surface area contributed by atoms with Crippen molar-refractivity contribution in [2.24, 2.45) is 0 Å². The summed E-state index contributed by atoms with van der Waals surface area (Å²) in [4.78, 5) is 98.0. The minimum atomic E-state index is -0.518. The third kappa shape index (κ3) is 14.3. The molecule has 0 unspecified atom stereocenters. The molecule has 0 aromatic carbocycles. The number of amides is 7. The highest BCUT2D eigenvalue weighted by Crippen LogP contribution is 2.33. The Morgan fingerprint density at radius 2 is 1.23 bits per heavy atom. The van der Waals surface area contributed by atoms with Crippen LogP contribution in [-0.2, 0) is 43.2 Å². The second-order valence-corrected chi connectivity index (χ2v) is 12.4. The van der Waals surface area contributed by atoms with Crippen molar-refractivity contribution in [3.63, 3.8) is 0 Å². The van der Waals surface area contributed by atoms with Crippen molar-refractivity contribution in [3.8, 4) is 0 Å². The summed E-state index contributed by atoms with van der Waals surface area (Å²) in [6, 6.07) is 0.556. The summed E-state index contributed by atoms with van der Waals surface area (Å²) >= 11 is 1.93. The van der Waals surface area contributed by atoms with E-state index in [9.17, 15) is 38.4 Å². The monoisotopic (exact) mass is 687 g/mol. The first-order valence-corrected chi connectivity index (χ1v) is 17.1. The Morgan fingerprint density at radius 3 is 1.68 bits per heavy atom. The van der Waals surface area contributed by atoms with Gasteiger partial charge in [0.05, 0.1) is 12.1 Å². The lowest BCUT2D eigenvalue weighted by Gasteiger charge is -2.16. The number of carbonyl (C=O) groups excluding carboxylic acids is 8. The lowest BCUT2D eigenvalue weighted by atomic mass is 10.0. The van der Waals surface area contributed by atoms with Crippen LogP contribution in [-0.4, -0.2) is 92.7 Å². The van der Waals surface area contributed by atoms with Gasteiger partial charge < -0.3 is 31.1 Å². The summed E-state index contributed by atoms with van der Waals surface area (Å²) < 4.78 is 0. The Hall–Kier alpha value is -3.73. The maximum Gasteiger partial charge on any atom is 0.333 e. The van der Waals surface area contributed by atoms with Gasteiger partial charge in [-0.2, -0.15) is 11.8 Å². The van der Waals surface area contributed by atoms with E-state index in [0.717, 1.165) is 37.9 Å². The predicted molar refractivity (Wildman–Crippen MR) is 170 cm³/mol. The van der Waals surface area contributed by atoms with Crippen LogP contribution < -0.4 is 16.0 Å². The fourth-order valence-corrected chi connectivity index (χ4v) is 6.36. The van der Waals surface area contributed by atoms with Crippen LogP contribution in [0.1, 0.15) is 111 Å². The van der Waals surface area contributed by atoms with E-state index in [-0.39, 0.29) is 62.0 Å². The van der Waals surface area contributed by atoms with Crippen LogP contribution in [0.3, 0.4) is 0 Å². The zero-order valence-corrected chi connectivity index (χ0v) is 28.2. The summed E-state index contributed by atoms with van der Waals surface area (Å²) in [7, 11) is 0. The number of unbranched alkanes of at least 4 members (excludes halogenated alkanes) is 3. The summed E-state index contributed by atoms with van der Waals surface area (Å²) in [5.74, 6) is -1.61. The van der Waals surface area contributed by atoms with Crippen LogP contribution in [0, 0.1) is 0 Å². The van der Waals surface area contributed by atoms with Crippen LogP contribution in [0.5, 0.6) is 0 Å². The lowest BCUT2D eigenvalue weighted by Crippen LogP contribution is -2.36. The molecule has 4 heterocycles. The molecule has 47 heavy (non-hydrogen) atoms. The van der Waals surface area contributed by atoms with Crippen molar-refractivity contribution in [1.29, 1.82) is 0 Å². The number of hydrogen-bond acceptors (Lipinski definition) is 11. The lowest BCUT2D eigenvalue weighted by molar-refractivity contribution is -0.197. The fraction of sp³-hybridized carbons (Fsp3) is 0.733. The molecular formula is C30H49N5O11S. The number of nitrogens with zero attached hydrogens (tertiary/aromatic N) is 2. The number of urea groups is 1. The van der Waals surface area contributed by atoms with Crippen molar-refractivity contribution in [3.05, 3.63) is 0 Å². The molecule has 0 saturated carbocycles. The van der Waals surface area contributed by atoms with Crippen LogP contribution in [0.4, 0.5) is 4.79 Å². The average Bonchev–Trinajstić information content (AvgIpc) is 3.76. The first-order chi connectivity index (χ1) is 22.0. The summed E-state index contributed by atoms with van der Waals surface area (Å²) in [6.45, 7) is 6.53. The molecule has 0 aromatic heterocycles. The van der Waals surface area contributed by atoms with Crippen molar-refractivity contribution < 1.29 is 53.5 Å². The molecule has 17 heteroatoms. The molecule has 4 fully saturated rings. The molecular weight excluding hydrogens is 638 g/mol. The van der Waals surface area contributed by atoms with Crippen molar-refractivity contribution in [1.82, 2.24) is 26.1 Å². The van der Waals surface area contributed by atoms with E-state index in [4.69, 9.17) is 0 Å². The van der Waals surface area contributed by atoms with E-state index < -0.39 is 35.6 Å². The largest absolute Gasteiger partial charge is 0.412 e. The molecule has 0 spiro atoms. The van der Waals surface area contributed by atoms with Gasteiger partial charge in [0.2, 0.25) is 5.91 Å². The third-order valence-corrected chi connectivity index (χ3v) is 8.83. The van der Waals surface area contributed by atoms with Gasteiger partial charge in [0.15, 0.2) is 0 Å². The molecule has 0 bridgehead atoms. The second-order valence-electron chi connectivity index (χ2n) is 11.1. The molecule has 3 atom stereocenters. The molecule has 4 saturated heterocycles. The van der Waals surface area contributed by atoms with Crippen LogP contribution in [0.2, 0.25) is 0 Å². The Balaban J connectivity index is 0.000000353. The van der Waals surface area contributed by atoms with Gasteiger partial charge in [-0.1, -0.05) is 33.1 Å². The first-order valence-electron chi connectivity index (χ1n) is 16.1. The number of rotatable bonds is 14. The molecule has 16 nitrogen and oxygen atoms in total. The number of carbonyl (C=O) groups is 8. The Labute approximate surface area is 279 Å². The van der Waals surface area contributed by atoms with E-state index in [1.54, 1.807) is 0 Å². The standard InChI is InChI=1S/C12H21N3O2S.2C9H13NO4.H2O/c1-2-13-10(16)6-4-3-5-9-11-8(7-18-9)14-12(17)15-11;2*1-2-3-4-9(13)14-10-7(11)5-6-8(10)12;/h8-9,11H,2-7H2,1H3,(H,13,16)(H2,14,15,17);2*2-6H2,1H3;1H2/t8-,9-,11-;;;/m0.../s1. The highest BCUT2D eigenvalue weighted by atomic mass is 32.2.